The molecule has 3 nitrogen and oxygen atoms in total. The quantitative estimate of drug-likeness (QED) is 0.232. The van der Waals surface area contributed by atoms with E-state index in [1.165, 1.54) is 0 Å². The molecule has 1 aromatic carbocycles. The Hall–Kier alpha value is -2.55. The molecule has 0 amide bonds. The van der Waals surface area contributed by atoms with Gasteiger partial charge in [0.25, 0.3) is 0 Å². The number of allylic oxidation sites excluding steroid dienone is 6. The lowest BCUT2D eigenvalue weighted by Crippen LogP contribution is -2.17. The van der Waals surface area contributed by atoms with Crippen molar-refractivity contribution < 1.29 is 14.3 Å². The number of benzene rings is 1. The largest absolute Gasteiger partial charge is 0.497 e. The number of carbonyl (C=O) groups excluding carboxylic acids is 1. The highest BCUT2D eigenvalue weighted by Gasteiger charge is 2.41. The average molecular weight is 381 g/mol. The van der Waals surface area contributed by atoms with Crippen molar-refractivity contribution in [2.24, 2.45) is 0 Å². The molecule has 0 heterocycles. The highest BCUT2D eigenvalue weighted by atomic mass is 16.5. The van der Waals surface area contributed by atoms with Crippen LogP contribution in [0.1, 0.15) is 62.0 Å². The van der Waals surface area contributed by atoms with Gasteiger partial charge in [0.1, 0.15) is 11.5 Å². The zero-order chi connectivity index (χ0) is 20.9. The Bertz CT molecular complexity index is 851. The number of hydrogen-bond acceptors (Lipinski definition) is 3. The lowest BCUT2D eigenvalue weighted by atomic mass is 9.81. The lowest BCUT2D eigenvalue weighted by Gasteiger charge is -2.22. The van der Waals surface area contributed by atoms with E-state index < -0.39 is 5.41 Å². The smallest absolute Gasteiger partial charge is 0.190 e. The van der Waals surface area contributed by atoms with Gasteiger partial charge in [-0.25, -0.2) is 0 Å². The molecular weight excluding hydrogens is 348 g/mol. The van der Waals surface area contributed by atoms with Gasteiger partial charge in [-0.2, -0.15) is 0 Å². The second-order valence-electron chi connectivity index (χ2n) is 7.68. The summed E-state index contributed by atoms with van der Waals surface area (Å²) in [6.45, 7) is 15.0. The normalized spacial score (nSPS) is 17.3. The zero-order valence-electron chi connectivity index (χ0n) is 18.0. The Kier molecular flexibility index (Phi) is 7.06. The van der Waals surface area contributed by atoms with Crippen LogP contribution in [-0.4, -0.2) is 19.5 Å². The molecule has 0 unspecified atom stereocenters. The highest BCUT2D eigenvalue weighted by molar-refractivity contribution is 6.15. The fraction of sp³-hybridized carbons (Fsp3) is 0.400. The molecule has 150 valence electrons. The molecule has 0 aromatic heterocycles. The Morgan fingerprint density at radius 1 is 1.25 bits per heavy atom. The van der Waals surface area contributed by atoms with Gasteiger partial charge in [-0.15, -0.1) is 0 Å². The maximum atomic E-state index is 13.1. The molecule has 0 bridgehead atoms. The van der Waals surface area contributed by atoms with E-state index >= 15 is 0 Å². The summed E-state index contributed by atoms with van der Waals surface area (Å²) < 4.78 is 11.2. The molecule has 0 radical (unpaired) electrons. The molecule has 0 spiro atoms. The highest BCUT2D eigenvalue weighted by Crippen LogP contribution is 2.45. The van der Waals surface area contributed by atoms with Gasteiger partial charge in [0, 0.05) is 16.6 Å². The minimum atomic E-state index is -0.398. The van der Waals surface area contributed by atoms with Crippen LogP contribution in [0.3, 0.4) is 0 Å². The zero-order valence-corrected chi connectivity index (χ0v) is 18.0. The summed E-state index contributed by atoms with van der Waals surface area (Å²) in [6, 6.07) is 4.00. The van der Waals surface area contributed by atoms with Crippen molar-refractivity contribution in [2.75, 3.05) is 13.7 Å². The van der Waals surface area contributed by atoms with Crippen molar-refractivity contribution in [1.82, 2.24) is 0 Å². The summed E-state index contributed by atoms with van der Waals surface area (Å²) in [4.78, 5) is 13.1. The van der Waals surface area contributed by atoms with Crippen LogP contribution in [0.2, 0.25) is 0 Å². The first kappa shape index (κ1) is 21.7. The molecule has 0 fully saturated rings. The van der Waals surface area contributed by atoms with E-state index in [0.29, 0.717) is 6.61 Å². The van der Waals surface area contributed by atoms with E-state index in [0.717, 1.165) is 52.2 Å². The van der Waals surface area contributed by atoms with E-state index in [2.05, 4.69) is 27.4 Å². The van der Waals surface area contributed by atoms with Crippen molar-refractivity contribution >= 4 is 5.78 Å². The minimum Gasteiger partial charge on any atom is -0.497 e. The standard InChI is InChI=1S/C25H32O3/c1-8-10-13-28-23-16-21-20(15-18(23)4)24(26)22(25(21,5)6)14-17(3)11-12-19(9-2)27-7/h9,11-12,14-16H,3,8,10,13H2,1-2,4-7H3/b12-11-,19-9+,22-14-. The van der Waals surface area contributed by atoms with E-state index in [1.54, 1.807) is 7.11 Å². The summed E-state index contributed by atoms with van der Waals surface area (Å²) in [5, 5.41) is 0. The van der Waals surface area contributed by atoms with Gasteiger partial charge >= 0.3 is 0 Å². The van der Waals surface area contributed by atoms with Crippen LogP contribution in [-0.2, 0) is 10.2 Å². The number of aryl methyl sites for hydroxylation is 1. The van der Waals surface area contributed by atoms with Crippen molar-refractivity contribution in [1.29, 1.82) is 0 Å². The molecule has 0 saturated carbocycles. The van der Waals surface area contributed by atoms with Gasteiger partial charge in [-0.3, -0.25) is 4.79 Å². The van der Waals surface area contributed by atoms with Gasteiger partial charge in [-0.1, -0.05) is 39.8 Å². The number of ether oxygens (including phenoxy) is 2. The molecule has 1 aromatic rings. The van der Waals surface area contributed by atoms with E-state index in [4.69, 9.17) is 9.47 Å². The van der Waals surface area contributed by atoms with E-state index in [-0.39, 0.29) is 5.78 Å². The number of hydrogen-bond donors (Lipinski definition) is 0. The molecule has 0 atom stereocenters. The van der Waals surface area contributed by atoms with E-state index in [1.807, 2.05) is 50.3 Å². The third kappa shape index (κ3) is 4.46. The Morgan fingerprint density at radius 2 is 1.96 bits per heavy atom. The first-order chi connectivity index (χ1) is 13.3. The van der Waals surface area contributed by atoms with Gasteiger partial charge in [0.15, 0.2) is 5.78 Å². The second kappa shape index (κ2) is 9.09. The summed E-state index contributed by atoms with van der Waals surface area (Å²) in [5.41, 5.74) is 3.89. The molecule has 3 heteroatoms. The molecular formula is C25H32O3. The molecule has 1 aliphatic rings. The fourth-order valence-corrected chi connectivity index (χ4v) is 3.40. The average Bonchev–Trinajstić information content (AvgIpc) is 2.83. The molecule has 0 aliphatic heterocycles. The van der Waals surface area contributed by atoms with Gasteiger partial charge < -0.3 is 9.47 Å². The van der Waals surface area contributed by atoms with Gasteiger partial charge in [0.2, 0.25) is 0 Å². The maximum Gasteiger partial charge on any atom is 0.190 e. The summed E-state index contributed by atoms with van der Waals surface area (Å²) in [6.07, 6.45) is 9.58. The number of rotatable bonds is 8. The van der Waals surface area contributed by atoms with E-state index in [9.17, 15) is 4.79 Å². The van der Waals surface area contributed by atoms with Crippen LogP contribution in [0.5, 0.6) is 5.75 Å². The third-order valence-corrected chi connectivity index (χ3v) is 5.22. The first-order valence-corrected chi connectivity index (χ1v) is 9.88. The second-order valence-corrected chi connectivity index (χ2v) is 7.68. The predicted octanol–water partition coefficient (Wildman–Crippen LogP) is 6.24. The van der Waals surface area contributed by atoms with Crippen LogP contribution in [0.4, 0.5) is 0 Å². The molecule has 28 heavy (non-hydrogen) atoms. The predicted molar refractivity (Wildman–Crippen MR) is 116 cm³/mol. The number of methoxy groups -OCH3 is 1. The Labute approximate surface area is 169 Å². The molecule has 0 N–H and O–H groups in total. The lowest BCUT2D eigenvalue weighted by molar-refractivity contribution is 0.103. The van der Waals surface area contributed by atoms with Crippen molar-refractivity contribution in [3.05, 3.63) is 76.6 Å². The topological polar surface area (TPSA) is 35.5 Å². The van der Waals surface area contributed by atoms with Crippen molar-refractivity contribution in [3.63, 3.8) is 0 Å². The van der Waals surface area contributed by atoms with Crippen LogP contribution in [0.15, 0.2) is 59.9 Å². The molecule has 0 saturated heterocycles. The number of fused-ring (bicyclic) bond motifs is 1. The van der Waals surface area contributed by atoms with Crippen LogP contribution in [0, 0.1) is 6.92 Å². The third-order valence-electron chi connectivity index (χ3n) is 5.22. The SMILES string of the molecule is C=C(/C=C\C(=C/C)OC)/C=C1/C(=O)c2cc(C)c(OCCCC)cc2C1(C)C. The van der Waals surface area contributed by atoms with Crippen LogP contribution < -0.4 is 4.74 Å². The van der Waals surface area contributed by atoms with Gasteiger partial charge in [-0.05, 0) is 67.3 Å². The van der Waals surface area contributed by atoms with Crippen molar-refractivity contribution in [2.45, 2.75) is 52.9 Å². The fourth-order valence-electron chi connectivity index (χ4n) is 3.40. The summed E-state index contributed by atoms with van der Waals surface area (Å²) in [5.74, 6) is 1.69. The molecule has 1 aliphatic carbocycles. The van der Waals surface area contributed by atoms with Crippen LogP contribution >= 0.6 is 0 Å². The molecule has 2 rings (SSSR count). The monoisotopic (exact) mass is 380 g/mol. The Morgan fingerprint density at radius 3 is 2.57 bits per heavy atom. The van der Waals surface area contributed by atoms with Crippen molar-refractivity contribution in [3.8, 4) is 5.75 Å². The Balaban J connectivity index is 2.36. The summed E-state index contributed by atoms with van der Waals surface area (Å²) >= 11 is 0. The van der Waals surface area contributed by atoms with Crippen LogP contribution in [0.25, 0.3) is 0 Å². The number of ketones is 1. The summed E-state index contributed by atoms with van der Waals surface area (Å²) in [7, 11) is 1.63. The minimum absolute atomic E-state index is 0.0655. The first-order valence-electron chi connectivity index (χ1n) is 9.88. The van der Waals surface area contributed by atoms with Gasteiger partial charge in [0.05, 0.1) is 13.7 Å². The maximum absolute atomic E-state index is 13.1. The number of Topliss-reactive ketones (excluding diaryl/α,β-unsaturated/α-hetero) is 1. The number of unbranched alkanes of at least 4 members (excludes halogenated alkanes) is 1. The number of carbonyl (C=O) groups is 1.